The van der Waals surface area contributed by atoms with Crippen molar-refractivity contribution in [1.82, 2.24) is 5.43 Å². The smallest absolute Gasteiger partial charge is 0.271 e. The Hall–Kier alpha value is -1.60. The summed E-state index contributed by atoms with van der Waals surface area (Å²) in [5.41, 5.74) is 3.80. The zero-order valence-corrected chi connectivity index (χ0v) is 14.1. The first-order valence-electron chi connectivity index (χ1n) is 6.02. The molecule has 21 heavy (non-hydrogen) atoms. The number of hydrogen-bond donors (Lipinski definition) is 1. The highest BCUT2D eigenvalue weighted by Crippen LogP contribution is 2.21. The molecule has 0 aliphatic carbocycles. The molecule has 0 saturated carbocycles. The van der Waals surface area contributed by atoms with Gasteiger partial charge in [0.25, 0.3) is 5.91 Å². The summed E-state index contributed by atoms with van der Waals surface area (Å²) in [5.74, 6) is 0.448. The number of hydrogen-bond acceptors (Lipinski definition) is 3. The molecule has 108 valence electrons. The molecule has 0 aromatic heterocycles. The molecule has 0 spiro atoms. The van der Waals surface area contributed by atoms with Gasteiger partial charge in [-0.05, 0) is 58.5 Å². The Morgan fingerprint density at radius 2 is 2.14 bits per heavy atom. The van der Waals surface area contributed by atoms with E-state index in [-0.39, 0.29) is 5.91 Å². The number of carbonyl (C=O) groups excluding carboxylic acids is 1. The molecule has 1 amide bonds. The zero-order chi connectivity index (χ0) is 15.2. The molecule has 0 fully saturated rings. The second-order valence-corrected chi connectivity index (χ2v) is 5.70. The molecular weight excluding hydrogens is 403 g/mol. The van der Waals surface area contributed by atoms with Crippen molar-refractivity contribution in [3.05, 3.63) is 62.2 Å². The minimum atomic E-state index is -0.283. The molecule has 4 nitrogen and oxygen atoms in total. The summed E-state index contributed by atoms with van der Waals surface area (Å²) in [6.45, 7) is 0. The van der Waals surface area contributed by atoms with Gasteiger partial charge in [0.1, 0.15) is 5.75 Å². The van der Waals surface area contributed by atoms with Crippen molar-refractivity contribution in [2.75, 3.05) is 7.11 Å². The Labute approximate surface area is 141 Å². The third-order valence-electron chi connectivity index (χ3n) is 2.64. The highest BCUT2D eigenvalue weighted by molar-refractivity contribution is 14.1. The molecular formula is C15H12ClIN2O2. The van der Waals surface area contributed by atoms with E-state index in [1.165, 1.54) is 6.21 Å². The number of benzene rings is 2. The minimum absolute atomic E-state index is 0.283. The summed E-state index contributed by atoms with van der Waals surface area (Å²) in [7, 11) is 1.59. The van der Waals surface area contributed by atoms with Crippen LogP contribution in [-0.2, 0) is 0 Å². The Morgan fingerprint density at radius 3 is 2.81 bits per heavy atom. The topological polar surface area (TPSA) is 50.7 Å². The monoisotopic (exact) mass is 414 g/mol. The van der Waals surface area contributed by atoms with Gasteiger partial charge in [0.2, 0.25) is 0 Å². The maximum Gasteiger partial charge on any atom is 0.271 e. The lowest BCUT2D eigenvalue weighted by Crippen LogP contribution is -2.17. The first-order chi connectivity index (χ1) is 10.1. The summed E-state index contributed by atoms with van der Waals surface area (Å²) in [6, 6.07) is 12.4. The first-order valence-corrected chi connectivity index (χ1v) is 7.48. The van der Waals surface area contributed by atoms with Gasteiger partial charge in [-0.25, -0.2) is 5.43 Å². The second-order valence-electron chi connectivity index (χ2n) is 4.10. The van der Waals surface area contributed by atoms with Gasteiger partial charge in [0.15, 0.2) is 0 Å². The van der Waals surface area contributed by atoms with E-state index in [2.05, 4.69) is 33.1 Å². The van der Waals surface area contributed by atoms with Crippen LogP contribution in [0.4, 0.5) is 0 Å². The van der Waals surface area contributed by atoms with Crippen molar-refractivity contribution in [3.63, 3.8) is 0 Å². The Bertz CT molecular complexity index is 689. The number of nitrogens with one attached hydrogen (secondary N) is 1. The van der Waals surface area contributed by atoms with Crippen molar-refractivity contribution in [1.29, 1.82) is 0 Å². The van der Waals surface area contributed by atoms with Crippen LogP contribution in [0.5, 0.6) is 5.75 Å². The van der Waals surface area contributed by atoms with Gasteiger partial charge in [-0.15, -0.1) is 0 Å². The standard InChI is InChI=1S/C15H12ClIN2O2/c1-21-14-6-5-11(8-13(14)17)15(20)19-18-9-10-3-2-4-12(16)7-10/h2-9H,1H3,(H,19,20). The van der Waals surface area contributed by atoms with E-state index < -0.39 is 0 Å². The van der Waals surface area contributed by atoms with Gasteiger partial charge in [-0.3, -0.25) is 4.79 Å². The summed E-state index contributed by atoms with van der Waals surface area (Å²) in [4.78, 5) is 12.0. The van der Waals surface area contributed by atoms with E-state index in [1.807, 2.05) is 12.1 Å². The van der Waals surface area contributed by atoms with Crippen molar-refractivity contribution in [3.8, 4) is 5.75 Å². The summed E-state index contributed by atoms with van der Waals surface area (Å²) in [6.07, 6.45) is 1.54. The van der Waals surface area contributed by atoms with E-state index >= 15 is 0 Å². The third-order valence-corrected chi connectivity index (χ3v) is 3.72. The molecule has 1 N–H and O–H groups in total. The average molecular weight is 415 g/mol. The van der Waals surface area contributed by atoms with Gasteiger partial charge in [-0.2, -0.15) is 5.10 Å². The normalized spacial score (nSPS) is 10.6. The molecule has 0 bridgehead atoms. The maximum absolute atomic E-state index is 12.0. The van der Waals surface area contributed by atoms with Gasteiger partial charge < -0.3 is 4.74 Å². The molecule has 2 aromatic carbocycles. The molecule has 6 heteroatoms. The van der Waals surface area contributed by atoms with Crippen LogP contribution in [0.1, 0.15) is 15.9 Å². The van der Waals surface area contributed by atoms with Crippen molar-refractivity contribution in [2.24, 2.45) is 5.10 Å². The summed E-state index contributed by atoms with van der Waals surface area (Å²) in [5, 5.41) is 4.53. The number of hydrazone groups is 1. The van der Waals surface area contributed by atoms with Crippen LogP contribution < -0.4 is 10.2 Å². The Kier molecular flexibility index (Phi) is 5.58. The number of nitrogens with zero attached hydrogens (tertiary/aromatic N) is 1. The third kappa shape index (κ3) is 4.44. The number of amides is 1. The second kappa shape index (κ2) is 7.42. The quantitative estimate of drug-likeness (QED) is 0.471. The molecule has 0 aliphatic rings. The van der Waals surface area contributed by atoms with E-state index in [9.17, 15) is 4.79 Å². The van der Waals surface area contributed by atoms with Crippen LogP contribution in [0.25, 0.3) is 0 Å². The predicted molar refractivity (Wildman–Crippen MR) is 92.2 cm³/mol. The van der Waals surface area contributed by atoms with Gasteiger partial charge >= 0.3 is 0 Å². The molecule has 2 rings (SSSR count). The van der Waals surface area contributed by atoms with Crippen molar-refractivity contribution >= 4 is 46.3 Å². The van der Waals surface area contributed by atoms with Crippen LogP contribution >= 0.6 is 34.2 Å². The van der Waals surface area contributed by atoms with Crippen molar-refractivity contribution in [2.45, 2.75) is 0 Å². The SMILES string of the molecule is COc1ccc(C(=O)NN=Cc2cccc(Cl)c2)cc1I. The van der Waals surface area contributed by atoms with Gasteiger partial charge in [-0.1, -0.05) is 23.7 Å². The molecule has 0 heterocycles. The fourth-order valence-electron chi connectivity index (χ4n) is 1.62. The molecule has 0 radical (unpaired) electrons. The van der Waals surface area contributed by atoms with Gasteiger partial charge in [0.05, 0.1) is 16.9 Å². The first kappa shape index (κ1) is 15.8. The Balaban J connectivity index is 2.03. The lowest BCUT2D eigenvalue weighted by molar-refractivity contribution is 0.0955. The average Bonchev–Trinajstić information content (AvgIpc) is 2.47. The number of ether oxygens (including phenoxy) is 1. The molecule has 0 atom stereocenters. The van der Waals surface area contributed by atoms with Crippen LogP contribution in [0, 0.1) is 3.57 Å². The number of halogens is 2. The minimum Gasteiger partial charge on any atom is -0.496 e. The van der Waals surface area contributed by atoms with E-state index in [0.717, 1.165) is 14.9 Å². The largest absolute Gasteiger partial charge is 0.496 e. The predicted octanol–water partition coefficient (Wildman–Crippen LogP) is 3.72. The maximum atomic E-state index is 12.0. The number of carbonyl (C=O) groups is 1. The molecule has 0 saturated heterocycles. The lowest BCUT2D eigenvalue weighted by Gasteiger charge is -2.05. The van der Waals surface area contributed by atoms with E-state index in [1.54, 1.807) is 37.4 Å². The van der Waals surface area contributed by atoms with Crippen molar-refractivity contribution < 1.29 is 9.53 Å². The molecule has 0 aliphatic heterocycles. The summed E-state index contributed by atoms with van der Waals surface area (Å²) < 4.78 is 6.01. The number of methoxy groups -OCH3 is 1. The highest BCUT2D eigenvalue weighted by atomic mass is 127. The lowest BCUT2D eigenvalue weighted by atomic mass is 10.2. The van der Waals surface area contributed by atoms with Crippen LogP contribution in [0.2, 0.25) is 5.02 Å². The Morgan fingerprint density at radius 1 is 1.33 bits per heavy atom. The van der Waals surface area contributed by atoms with Crippen LogP contribution in [0.15, 0.2) is 47.6 Å². The van der Waals surface area contributed by atoms with Crippen LogP contribution in [0.3, 0.4) is 0 Å². The van der Waals surface area contributed by atoms with E-state index in [4.69, 9.17) is 16.3 Å². The van der Waals surface area contributed by atoms with Crippen LogP contribution in [-0.4, -0.2) is 19.2 Å². The van der Waals surface area contributed by atoms with E-state index in [0.29, 0.717) is 10.6 Å². The number of rotatable bonds is 4. The highest BCUT2D eigenvalue weighted by Gasteiger charge is 2.07. The van der Waals surface area contributed by atoms with Gasteiger partial charge in [0, 0.05) is 10.6 Å². The molecule has 2 aromatic rings. The zero-order valence-electron chi connectivity index (χ0n) is 11.1. The fraction of sp³-hybridized carbons (Fsp3) is 0.0667. The summed E-state index contributed by atoms with van der Waals surface area (Å²) >= 11 is 7.98. The molecule has 0 unspecified atom stereocenters. The fourth-order valence-corrected chi connectivity index (χ4v) is 2.56.